The van der Waals surface area contributed by atoms with E-state index in [0.29, 0.717) is 13.0 Å². The number of nitrogens with one attached hydrogen (secondary N) is 1. The number of unbranched alkanes of at least 4 members (excludes halogenated alkanes) is 1. The van der Waals surface area contributed by atoms with Crippen LogP contribution in [0.3, 0.4) is 0 Å². The molecule has 0 spiro atoms. The molecular formula is C8H14F3NO2. The summed E-state index contributed by atoms with van der Waals surface area (Å²) in [4.78, 5) is 10.5. The Labute approximate surface area is 80.6 Å². The van der Waals surface area contributed by atoms with Gasteiger partial charge in [0.15, 0.2) is 0 Å². The maximum atomic E-state index is 11.7. The molecule has 0 heterocycles. The molecule has 0 aromatic rings. The van der Waals surface area contributed by atoms with Crippen LogP contribution in [0.25, 0.3) is 0 Å². The maximum Gasteiger partial charge on any atom is 0.389 e. The predicted molar refractivity (Wildman–Crippen MR) is 44.8 cm³/mol. The molecule has 0 unspecified atom stereocenters. The standard InChI is InChI=1S/C8H14F3NO2/c1-14-7(13)6-12-5-3-2-4-8(9,10)11/h12H,2-6H2,1H3. The molecule has 3 nitrogen and oxygen atoms in total. The van der Waals surface area contributed by atoms with Gasteiger partial charge >= 0.3 is 12.1 Å². The van der Waals surface area contributed by atoms with E-state index in [2.05, 4.69) is 10.1 Å². The van der Waals surface area contributed by atoms with Crippen molar-refractivity contribution >= 4 is 5.97 Å². The highest BCUT2D eigenvalue weighted by Crippen LogP contribution is 2.21. The summed E-state index contributed by atoms with van der Waals surface area (Å²) in [5.74, 6) is -0.416. The number of methoxy groups -OCH3 is 1. The van der Waals surface area contributed by atoms with Crippen LogP contribution in [0.4, 0.5) is 13.2 Å². The Balaban J connectivity index is 3.18. The average Bonchev–Trinajstić information content (AvgIpc) is 2.08. The number of alkyl halides is 3. The van der Waals surface area contributed by atoms with E-state index in [4.69, 9.17) is 0 Å². The van der Waals surface area contributed by atoms with Crippen molar-refractivity contribution in [3.8, 4) is 0 Å². The van der Waals surface area contributed by atoms with Crippen molar-refractivity contribution in [1.29, 1.82) is 0 Å². The van der Waals surface area contributed by atoms with E-state index in [0.717, 1.165) is 0 Å². The van der Waals surface area contributed by atoms with Gasteiger partial charge in [0.2, 0.25) is 0 Å². The number of hydrogen-bond acceptors (Lipinski definition) is 3. The molecular weight excluding hydrogens is 199 g/mol. The molecule has 0 aliphatic rings. The molecule has 84 valence electrons. The first kappa shape index (κ1) is 13.2. The largest absolute Gasteiger partial charge is 0.468 e. The van der Waals surface area contributed by atoms with Crippen LogP contribution in [0.2, 0.25) is 0 Å². The Hall–Kier alpha value is -0.780. The van der Waals surface area contributed by atoms with Gasteiger partial charge < -0.3 is 10.1 Å². The highest BCUT2D eigenvalue weighted by molar-refractivity contribution is 5.71. The first-order valence-corrected chi connectivity index (χ1v) is 4.30. The van der Waals surface area contributed by atoms with Crippen molar-refractivity contribution in [1.82, 2.24) is 5.32 Å². The smallest absolute Gasteiger partial charge is 0.389 e. The van der Waals surface area contributed by atoms with Crippen molar-refractivity contribution in [2.45, 2.75) is 25.4 Å². The Morgan fingerprint density at radius 1 is 1.36 bits per heavy atom. The van der Waals surface area contributed by atoms with Gasteiger partial charge in [0.05, 0.1) is 13.7 Å². The van der Waals surface area contributed by atoms with Gasteiger partial charge in [-0.15, -0.1) is 0 Å². The van der Waals surface area contributed by atoms with E-state index in [1.54, 1.807) is 0 Å². The minimum Gasteiger partial charge on any atom is -0.468 e. The van der Waals surface area contributed by atoms with Gasteiger partial charge in [-0.2, -0.15) is 13.2 Å². The molecule has 0 aliphatic carbocycles. The van der Waals surface area contributed by atoms with Gasteiger partial charge in [0.25, 0.3) is 0 Å². The van der Waals surface area contributed by atoms with Crippen molar-refractivity contribution in [2.75, 3.05) is 20.2 Å². The third-order valence-corrected chi connectivity index (χ3v) is 1.56. The Kier molecular flexibility index (Phi) is 6.27. The molecule has 0 radical (unpaired) electrons. The van der Waals surface area contributed by atoms with Gasteiger partial charge in [-0.25, -0.2) is 0 Å². The summed E-state index contributed by atoms with van der Waals surface area (Å²) >= 11 is 0. The maximum absolute atomic E-state index is 11.7. The Bertz CT molecular complexity index is 170. The van der Waals surface area contributed by atoms with Gasteiger partial charge in [-0.1, -0.05) is 0 Å². The van der Waals surface area contributed by atoms with Crippen LogP contribution in [0.15, 0.2) is 0 Å². The summed E-state index contributed by atoms with van der Waals surface area (Å²) in [6.07, 6.45) is -4.37. The quantitative estimate of drug-likeness (QED) is 0.536. The third kappa shape index (κ3) is 9.31. The number of hydrogen-bond donors (Lipinski definition) is 1. The second kappa shape index (κ2) is 6.64. The topological polar surface area (TPSA) is 38.3 Å². The van der Waals surface area contributed by atoms with Crippen LogP contribution in [0, 0.1) is 0 Å². The zero-order chi connectivity index (χ0) is 11.0. The number of halogens is 3. The molecule has 6 heteroatoms. The molecule has 0 saturated heterocycles. The van der Waals surface area contributed by atoms with Crippen molar-refractivity contribution < 1.29 is 22.7 Å². The van der Waals surface area contributed by atoms with Crippen LogP contribution in [0.5, 0.6) is 0 Å². The third-order valence-electron chi connectivity index (χ3n) is 1.56. The lowest BCUT2D eigenvalue weighted by Crippen LogP contribution is -2.25. The minimum absolute atomic E-state index is 0.0442. The van der Waals surface area contributed by atoms with Crippen LogP contribution in [-0.4, -0.2) is 32.3 Å². The molecule has 0 aromatic carbocycles. The van der Waals surface area contributed by atoms with E-state index in [1.165, 1.54) is 7.11 Å². The number of ether oxygens (including phenoxy) is 1. The fourth-order valence-corrected chi connectivity index (χ4v) is 0.838. The summed E-state index contributed by atoms with van der Waals surface area (Å²) in [6.45, 7) is 0.438. The second-order valence-electron chi connectivity index (χ2n) is 2.83. The summed E-state index contributed by atoms with van der Waals surface area (Å²) in [7, 11) is 1.26. The van der Waals surface area contributed by atoms with Gasteiger partial charge in [0, 0.05) is 6.42 Å². The lowest BCUT2D eigenvalue weighted by Gasteiger charge is -2.06. The normalized spacial score (nSPS) is 11.4. The van der Waals surface area contributed by atoms with Crippen molar-refractivity contribution in [3.63, 3.8) is 0 Å². The average molecular weight is 213 g/mol. The van der Waals surface area contributed by atoms with E-state index < -0.39 is 18.6 Å². The van der Waals surface area contributed by atoms with Gasteiger partial charge in [-0.05, 0) is 19.4 Å². The second-order valence-corrected chi connectivity index (χ2v) is 2.83. The molecule has 0 aliphatic heterocycles. The monoisotopic (exact) mass is 213 g/mol. The van der Waals surface area contributed by atoms with Gasteiger partial charge in [0.1, 0.15) is 0 Å². The van der Waals surface area contributed by atoms with Crippen molar-refractivity contribution in [3.05, 3.63) is 0 Å². The summed E-state index contributed by atoms with van der Waals surface area (Å²) in [5.41, 5.74) is 0. The van der Waals surface area contributed by atoms with E-state index in [1.807, 2.05) is 0 Å². The highest BCUT2D eigenvalue weighted by Gasteiger charge is 2.25. The molecule has 1 N–H and O–H groups in total. The van der Waals surface area contributed by atoms with Crippen molar-refractivity contribution in [2.24, 2.45) is 0 Å². The fourth-order valence-electron chi connectivity index (χ4n) is 0.838. The Morgan fingerprint density at radius 2 is 2.00 bits per heavy atom. The molecule has 0 bridgehead atoms. The summed E-state index contributed by atoms with van der Waals surface area (Å²) in [6, 6.07) is 0. The number of carbonyl (C=O) groups excluding carboxylic acids is 1. The number of esters is 1. The SMILES string of the molecule is COC(=O)CNCCCCC(F)(F)F. The molecule has 0 amide bonds. The van der Waals surface area contributed by atoms with Crippen LogP contribution in [0.1, 0.15) is 19.3 Å². The predicted octanol–water partition coefficient (Wildman–Crippen LogP) is 1.48. The number of rotatable bonds is 6. The lowest BCUT2D eigenvalue weighted by atomic mass is 10.2. The zero-order valence-corrected chi connectivity index (χ0v) is 7.99. The van der Waals surface area contributed by atoms with E-state index in [-0.39, 0.29) is 13.0 Å². The van der Waals surface area contributed by atoms with E-state index >= 15 is 0 Å². The summed E-state index contributed by atoms with van der Waals surface area (Å²) in [5, 5.41) is 2.68. The van der Waals surface area contributed by atoms with Crippen LogP contribution >= 0.6 is 0 Å². The van der Waals surface area contributed by atoms with Gasteiger partial charge in [-0.3, -0.25) is 4.79 Å². The molecule has 0 atom stereocenters. The first-order valence-electron chi connectivity index (χ1n) is 4.30. The number of carbonyl (C=O) groups is 1. The highest BCUT2D eigenvalue weighted by atomic mass is 19.4. The molecule has 0 aromatic heterocycles. The molecule has 0 rings (SSSR count). The van der Waals surface area contributed by atoms with Crippen LogP contribution in [-0.2, 0) is 9.53 Å². The van der Waals surface area contributed by atoms with Crippen LogP contribution < -0.4 is 5.32 Å². The molecule has 14 heavy (non-hydrogen) atoms. The fraction of sp³-hybridized carbons (Fsp3) is 0.875. The molecule has 0 saturated carbocycles. The zero-order valence-electron chi connectivity index (χ0n) is 7.99. The lowest BCUT2D eigenvalue weighted by molar-refractivity contribution is -0.140. The minimum atomic E-state index is -4.08. The summed E-state index contributed by atoms with van der Waals surface area (Å²) < 4.78 is 39.3. The molecule has 0 fully saturated rings. The first-order chi connectivity index (χ1) is 6.45. The Morgan fingerprint density at radius 3 is 2.50 bits per heavy atom. The van der Waals surface area contributed by atoms with E-state index in [9.17, 15) is 18.0 Å².